The van der Waals surface area contributed by atoms with E-state index in [0.717, 1.165) is 6.54 Å². The van der Waals surface area contributed by atoms with E-state index in [1.54, 1.807) is 0 Å². The Labute approximate surface area is 103 Å². The summed E-state index contributed by atoms with van der Waals surface area (Å²) in [5, 5.41) is 12.8. The van der Waals surface area contributed by atoms with Gasteiger partial charge in [-0.2, -0.15) is 0 Å². The van der Waals surface area contributed by atoms with Gasteiger partial charge in [0.05, 0.1) is 5.60 Å². The molecule has 0 fully saturated rings. The van der Waals surface area contributed by atoms with Crippen LogP contribution in [0.4, 0.5) is 0 Å². The minimum Gasteiger partial charge on any atom is -0.389 e. The van der Waals surface area contributed by atoms with Gasteiger partial charge in [-0.15, -0.1) is 11.3 Å². The number of hydrogen-bond donors (Lipinski definition) is 2. The van der Waals surface area contributed by atoms with E-state index in [1.807, 2.05) is 25.2 Å². The molecule has 92 valence electrons. The first kappa shape index (κ1) is 13.7. The van der Waals surface area contributed by atoms with Crippen molar-refractivity contribution >= 4 is 11.3 Å². The fraction of sp³-hybridized carbons (Fsp3) is 0.692. The Hall–Kier alpha value is -0.380. The first-order valence-electron chi connectivity index (χ1n) is 5.71. The molecule has 0 unspecified atom stereocenters. The highest BCUT2D eigenvalue weighted by Crippen LogP contribution is 2.29. The predicted octanol–water partition coefficient (Wildman–Crippen LogP) is 2.91. The summed E-state index contributed by atoms with van der Waals surface area (Å²) >= 11 is 1.85. The first-order chi connectivity index (χ1) is 7.18. The van der Waals surface area contributed by atoms with Crippen LogP contribution in [0.15, 0.2) is 12.1 Å². The largest absolute Gasteiger partial charge is 0.389 e. The van der Waals surface area contributed by atoms with Crippen molar-refractivity contribution in [3.63, 3.8) is 0 Å². The molecule has 2 N–H and O–H groups in total. The molecule has 0 aromatic carbocycles. The Morgan fingerprint density at radius 2 is 1.81 bits per heavy atom. The van der Waals surface area contributed by atoms with Crippen molar-refractivity contribution in [3.05, 3.63) is 21.9 Å². The van der Waals surface area contributed by atoms with Gasteiger partial charge in [0.1, 0.15) is 0 Å². The second-order valence-electron chi connectivity index (χ2n) is 5.93. The van der Waals surface area contributed by atoms with E-state index in [1.165, 1.54) is 9.75 Å². The molecule has 0 radical (unpaired) electrons. The summed E-state index contributed by atoms with van der Waals surface area (Å²) in [5.41, 5.74) is -0.400. The van der Waals surface area contributed by atoms with E-state index in [-0.39, 0.29) is 5.41 Å². The van der Waals surface area contributed by atoms with Gasteiger partial charge < -0.3 is 10.4 Å². The van der Waals surface area contributed by atoms with Gasteiger partial charge in [-0.05, 0) is 31.4 Å². The van der Waals surface area contributed by atoms with E-state index in [0.29, 0.717) is 6.54 Å². The van der Waals surface area contributed by atoms with Gasteiger partial charge >= 0.3 is 0 Å². The maximum Gasteiger partial charge on any atom is 0.0715 e. The van der Waals surface area contributed by atoms with Gasteiger partial charge in [0.25, 0.3) is 0 Å². The molecule has 3 heteroatoms. The van der Waals surface area contributed by atoms with Crippen molar-refractivity contribution in [2.24, 2.45) is 0 Å². The average molecular weight is 241 g/mol. The van der Waals surface area contributed by atoms with E-state index in [4.69, 9.17) is 0 Å². The molecule has 0 amide bonds. The summed E-state index contributed by atoms with van der Waals surface area (Å²) in [6.45, 7) is 11.8. The Morgan fingerprint density at radius 3 is 2.25 bits per heavy atom. The van der Waals surface area contributed by atoms with Gasteiger partial charge in [0.15, 0.2) is 0 Å². The Bertz CT molecular complexity index is 330. The lowest BCUT2D eigenvalue weighted by Gasteiger charge is -2.17. The molecule has 0 atom stereocenters. The maximum absolute atomic E-state index is 9.57. The molecule has 0 aliphatic heterocycles. The van der Waals surface area contributed by atoms with Crippen LogP contribution >= 0.6 is 11.3 Å². The van der Waals surface area contributed by atoms with Crippen LogP contribution in [0.3, 0.4) is 0 Å². The summed E-state index contributed by atoms with van der Waals surface area (Å²) in [5.74, 6) is 0. The smallest absolute Gasteiger partial charge is 0.0715 e. The SMILES string of the molecule is CC(C)(O)CNCc1ccc(C(C)(C)C)s1. The maximum atomic E-state index is 9.57. The van der Waals surface area contributed by atoms with Crippen LogP contribution in [-0.4, -0.2) is 17.3 Å². The Balaban J connectivity index is 2.48. The fourth-order valence-corrected chi connectivity index (χ4v) is 2.40. The third kappa shape index (κ3) is 4.64. The number of thiophene rings is 1. The minimum absolute atomic E-state index is 0.235. The second kappa shape index (κ2) is 4.86. The molecule has 0 saturated carbocycles. The topological polar surface area (TPSA) is 32.3 Å². The molecule has 0 aliphatic carbocycles. The normalized spacial score (nSPS) is 13.1. The molecule has 2 nitrogen and oxygen atoms in total. The zero-order valence-electron chi connectivity index (χ0n) is 10.9. The summed E-state index contributed by atoms with van der Waals surface area (Å²) in [7, 11) is 0. The quantitative estimate of drug-likeness (QED) is 0.849. The van der Waals surface area contributed by atoms with Crippen LogP contribution in [0.2, 0.25) is 0 Å². The van der Waals surface area contributed by atoms with E-state index >= 15 is 0 Å². The molecular formula is C13H23NOS. The lowest BCUT2D eigenvalue weighted by molar-refractivity contribution is 0.0796. The molecule has 0 bridgehead atoms. The first-order valence-corrected chi connectivity index (χ1v) is 6.52. The standard InChI is InChI=1S/C13H23NOS/c1-12(2,3)11-7-6-10(16-11)8-14-9-13(4,5)15/h6-7,14-15H,8-9H2,1-5H3. The number of nitrogens with one attached hydrogen (secondary N) is 1. The van der Waals surface area contributed by atoms with Crippen LogP contribution in [0.25, 0.3) is 0 Å². The molecule has 1 rings (SSSR count). The molecule has 1 aromatic heterocycles. The third-order valence-electron chi connectivity index (χ3n) is 2.26. The van der Waals surface area contributed by atoms with Crippen molar-refractivity contribution in [1.29, 1.82) is 0 Å². The molecule has 0 aliphatic rings. The van der Waals surface area contributed by atoms with Gasteiger partial charge in [0.2, 0.25) is 0 Å². The van der Waals surface area contributed by atoms with Crippen LogP contribution in [0.5, 0.6) is 0 Å². The molecule has 0 saturated heterocycles. The zero-order valence-corrected chi connectivity index (χ0v) is 11.7. The monoisotopic (exact) mass is 241 g/mol. The molecule has 0 spiro atoms. The zero-order chi connectivity index (χ0) is 12.4. The van der Waals surface area contributed by atoms with Crippen molar-refractivity contribution < 1.29 is 5.11 Å². The van der Waals surface area contributed by atoms with E-state index in [9.17, 15) is 5.11 Å². The molecule has 1 aromatic rings. The highest BCUT2D eigenvalue weighted by molar-refractivity contribution is 7.12. The number of hydrogen-bond acceptors (Lipinski definition) is 3. The number of rotatable bonds is 4. The van der Waals surface area contributed by atoms with Crippen molar-refractivity contribution in [3.8, 4) is 0 Å². The summed E-state index contributed by atoms with van der Waals surface area (Å²) in [6, 6.07) is 4.37. The molecule has 16 heavy (non-hydrogen) atoms. The van der Waals surface area contributed by atoms with E-state index < -0.39 is 5.60 Å². The van der Waals surface area contributed by atoms with Crippen molar-refractivity contribution in [1.82, 2.24) is 5.32 Å². The van der Waals surface area contributed by atoms with Crippen LogP contribution in [-0.2, 0) is 12.0 Å². The van der Waals surface area contributed by atoms with Crippen molar-refractivity contribution in [2.45, 2.75) is 52.2 Å². The highest BCUT2D eigenvalue weighted by Gasteiger charge is 2.16. The predicted molar refractivity (Wildman–Crippen MR) is 71.0 cm³/mol. The lowest BCUT2D eigenvalue weighted by Crippen LogP contribution is -2.34. The molecule has 1 heterocycles. The van der Waals surface area contributed by atoms with Crippen LogP contribution in [0.1, 0.15) is 44.4 Å². The second-order valence-corrected chi connectivity index (χ2v) is 7.10. The fourth-order valence-electron chi connectivity index (χ4n) is 1.37. The summed E-state index contributed by atoms with van der Waals surface area (Å²) < 4.78 is 0. The van der Waals surface area contributed by atoms with Gasteiger partial charge in [0, 0.05) is 22.8 Å². The summed E-state index contributed by atoms with van der Waals surface area (Å²) in [4.78, 5) is 2.74. The minimum atomic E-state index is -0.635. The van der Waals surface area contributed by atoms with Crippen LogP contribution < -0.4 is 5.32 Å². The van der Waals surface area contributed by atoms with Gasteiger partial charge in [-0.3, -0.25) is 0 Å². The molecular weight excluding hydrogens is 218 g/mol. The Morgan fingerprint density at radius 1 is 1.19 bits per heavy atom. The average Bonchev–Trinajstić information content (AvgIpc) is 2.49. The number of aliphatic hydroxyl groups is 1. The lowest BCUT2D eigenvalue weighted by atomic mass is 9.95. The van der Waals surface area contributed by atoms with Gasteiger partial charge in [-0.1, -0.05) is 20.8 Å². The summed E-state index contributed by atoms with van der Waals surface area (Å²) in [6.07, 6.45) is 0. The van der Waals surface area contributed by atoms with Gasteiger partial charge in [-0.25, -0.2) is 0 Å². The van der Waals surface area contributed by atoms with E-state index in [2.05, 4.69) is 38.2 Å². The van der Waals surface area contributed by atoms with Crippen LogP contribution in [0, 0.1) is 0 Å². The Kier molecular flexibility index (Phi) is 4.16. The third-order valence-corrected chi connectivity index (χ3v) is 3.77. The van der Waals surface area contributed by atoms with Crippen molar-refractivity contribution in [2.75, 3.05) is 6.54 Å². The highest BCUT2D eigenvalue weighted by atomic mass is 32.1.